The summed E-state index contributed by atoms with van der Waals surface area (Å²) in [6, 6.07) is 0. The second kappa shape index (κ2) is 4.45. The number of nitrogens with zero attached hydrogens (tertiary/aromatic N) is 2. The summed E-state index contributed by atoms with van der Waals surface area (Å²) >= 11 is 3.46. The van der Waals surface area contributed by atoms with E-state index in [4.69, 9.17) is 4.74 Å². The maximum Gasteiger partial charge on any atom is 0.0771 e. The Morgan fingerprint density at radius 3 is 3.07 bits per heavy atom. The van der Waals surface area contributed by atoms with Crippen molar-refractivity contribution in [3.63, 3.8) is 0 Å². The highest BCUT2D eigenvalue weighted by atomic mass is 79.9. The van der Waals surface area contributed by atoms with Gasteiger partial charge in [0.2, 0.25) is 0 Å². The molecular formula is C10H15BrN2O. The van der Waals surface area contributed by atoms with Gasteiger partial charge < -0.3 is 4.74 Å². The van der Waals surface area contributed by atoms with E-state index in [0.29, 0.717) is 6.10 Å². The van der Waals surface area contributed by atoms with E-state index in [9.17, 15) is 0 Å². The number of aromatic nitrogens is 2. The average Bonchev–Trinajstić information content (AvgIpc) is 2.52. The van der Waals surface area contributed by atoms with Gasteiger partial charge in [0.1, 0.15) is 0 Å². The monoisotopic (exact) mass is 258 g/mol. The van der Waals surface area contributed by atoms with Crippen molar-refractivity contribution in [1.82, 2.24) is 9.78 Å². The van der Waals surface area contributed by atoms with Gasteiger partial charge in [-0.3, -0.25) is 4.68 Å². The third-order valence-electron chi connectivity index (χ3n) is 2.69. The van der Waals surface area contributed by atoms with Gasteiger partial charge in [0.25, 0.3) is 0 Å². The smallest absolute Gasteiger partial charge is 0.0771 e. The van der Waals surface area contributed by atoms with Crippen LogP contribution in [0.15, 0.2) is 10.7 Å². The molecule has 0 N–H and O–H groups in total. The second-order valence-corrected chi connectivity index (χ2v) is 4.60. The summed E-state index contributed by atoms with van der Waals surface area (Å²) in [5.41, 5.74) is 1.18. The van der Waals surface area contributed by atoms with Gasteiger partial charge in [0.05, 0.1) is 23.3 Å². The van der Waals surface area contributed by atoms with Crippen LogP contribution in [0.5, 0.6) is 0 Å². The summed E-state index contributed by atoms with van der Waals surface area (Å²) in [5, 5.41) is 4.30. The zero-order valence-corrected chi connectivity index (χ0v) is 9.96. The molecule has 1 atom stereocenters. The third kappa shape index (κ3) is 2.17. The third-order valence-corrected chi connectivity index (χ3v) is 3.47. The Balaban J connectivity index is 1.99. The number of rotatable bonds is 2. The van der Waals surface area contributed by atoms with Crippen LogP contribution in [0.1, 0.15) is 25.0 Å². The number of halogens is 1. The highest BCUT2D eigenvalue weighted by molar-refractivity contribution is 9.10. The van der Waals surface area contributed by atoms with Crippen LogP contribution < -0.4 is 0 Å². The fourth-order valence-corrected chi connectivity index (χ4v) is 2.05. The van der Waals surface area contributed by atoms with Crippen molar-refractivity contribution in [2.75, 3.05) is 6.61 Å². The summed E-state index contributed by atoms with van der Waals surface area (Å²) in [6.45, 7) is 3.86. The summed E-state index contributed by atoms with van der Waals surface area (Å²) in [4.78, 5) is 0. The largest absolute Gasteiger partial charge is 0.376 e. The van der Waals surface area contributed by atoms with Crippen molar-refractivity contribution in [2.24, 2.45) is 0 Å². The highest BCUT2D eigenvalue weighted by Crippen LogP contribution is 2.18. The molecule has 0 aromatic carbocycles. The molecule has 1 aromatic heterocycles. The van der Waals surface area contributed by atoms with Crippen LogP contribution in [0.2, 0.25) is 0 Å². The Labute approximate surface area is 92.6 Å². The molecule has 14 heavy (non-hydrogen) atoms. The fraction of sp³-hybridized carbons (Fsp3) is 0.700. The van der Waals surface area contributed by atoms with E-state index in [0.717, 1.165) is 24.0 Å². The predicted octanol–water partition coefficient (Wildman–Crippen LogP) is 2.52. The van der Waals surface area contributed by atoms with Gasteiger partial charge in [-0.15, -0.1) is 0 Å². The van der Waals surface area contributed by atoms with E-state index in [1.807, 2.05) is 10.9 Å². The molecule has 1 aliphatic rings. The van der Waals surface area contributed by atoms with Gasteiger partial charge in [-0.05, 0) is 42.1 Å². The first-order chi connectivity index (χ1) is 6.77. The molecule has 1 aliphatic heterocycles. The molecule has 2 rings (SSSR count). The molecule has 3 nitrogen and oxygen atoms in total. The lowest BCUT2D eigenvalue weighted by Gasteiger charge is -2.22. The van der Waals surface area contributed by atoms with Gasteiger partial charge in [0.15, 0.2) is 0 Å². The van der Waals surface area contributed by atoms with Crippen LogP contribution in [0.3, 0.4) is 0 Å². The molecule has 2 heterocycles. The number of ether oxygens (including phenoxy) is 1. The minimum absolute atomic E-state index is 0.356. The Hall–Kier alpha value is -0.350. The summed E-state index contributed by atoms with van der Waals surface area (Å²) in [6.07, 6.45) is 5.86. The highest BCUT2D eigenvalue weighted by Gasteiger charge is 2.15. The Morgan fingerprint density at radius 2 is 2.50 bits per heavy atom. The zero-order valence-electron chi connectivity index (χ0n) is 8.37. The van der Waals surface area contributed by atoms with Crippen molar-refractivity contribution >= 4 is 15.9 Å². The molecule has 0 unspecified atom stereocenters. The van der Waals surface area contributed by atoms with Crippen LogP contribution in [0.4, 0.5) is 0 Å². The first-order valence-corrected chi connectivity index (χ1v) is 5.86. The van der Waals surface area contributed by atoms with E-state index in [2.05, 4.69) is 28.0 Å². The van der Waals surface area contributed by atoms with E-state index in [1.165, 1.54) is 18.5 Å². The molecule has 0 amide bonds. The van der Waals surface area contributed by atoms with Gasteiger partial charge >= 0.3 is 0 Å². The maximum atomic E-state index is 5.67. The summed E-state index contributed by atoms with van der Waals surface area (Å²) in [7, 11) is 0. The van der Waals surface area contributed by atoms with E-state index in [1.54, 1.807) is 0 Å². The van der Waals surface area contributed by atoms with Crippen molar-refractivity contribution in [2.45, 2.75) is 38.8 Å². The Kier molecular flexibility index (Phi) is 3.23. The molecule has 0 spiro atoms. The lowest BCUT2D eigenvalue weighted by molar-refractivity contribution is 0.00364. The minimum atomic E-state index is 0.356. The fourth-order valence-electron chi connectivity index (χ4n) is 1.75. The number of hydrogen-bond donors (Lipinski definition) is 0. The van der Waals surface area contributed by atoms with Crippen molar-refractivity contribution in [3.05, 3.63) is 16.4 Å². The second-order valence-electron chi connectivity index (χ2n) is 3.75. The molecule has 1 saturated heterocycles. The van der Waals surface area contributed by atoms with Gasteiger partial charge in [-0.25, -0.2) is 0 Å². The van der Waals surface area contributed by atoms with Crippen LogP contribution >= 0.6 is 15.9 Å². The predicted molar refractivity (Wildman–Crippen MR) is 58.3 cm³/mol. The molecule has 0 radical (unpaired) electrons. The standard InChI is InChI=1S/C10H15BrN2O/c1-8-10(11)6-12-13(8)7-9-4-2-3-5-14-9/h6,9H,2-5,7H2,1H3/t9-/m1/s1. The van der Waals surface area contributed by atoms with Crippen LogP contribution in [0.25, 0.3) is 0 Å². The zero-order chi connectivity index (χ0) is 9.97. The van der Waals surface area contributed by atoms with E-state index < -0.39 is 0 Å². The average molecular weight is 259 g/mol. The molecule has 78 valence electrons. The molecule has 0 saturated carbocycles. The quantitative estimate of drug-likeness (QED) is 0.816. The van der Waals surface area contributed by atoms with Gasteiger partial charge in [-0.2, -0.15) is 5.10 Å². The molecular weight excluding hydrogens is 244 g/mol. The minimum Gasteiger partial charge on any atom is -0.376 e. The normalized spacial score (nSPS) is 22.6. The van der Waals surface area contributed by atoms with Crippen molar-refractivity contribution in [3.8, 4) is 0 Å². The van der Waals surface area contributed by atoms with E-state index >= 15 is 0 Å². The first-order valence-electron chi connectivity index (χ1n) is 5.07. The molecule has 0 aliphatic carbocycles. The van der Waals surface area contributed by atoms with Crippen molar-refractivity contribution < 1.29 is 4.74 Å². The Morgan fingerprint density at radius 1 is 1.64 bits per heavy atom. The molecule has 4 heteroatoms. The molecule has 1 aromatic rings. The first kappa shape index (κ1) is 10.2. The van der Waals surface area contributed by atoms with Crippen LogP contribution in [-0.4, -0.2) is 22.5 Å². The summed E-state index contributed by atoms with van der Waals surface area (Å²) in [5.74, 6) is 0. The summed E-state index contributed by atoms with van der Waals surface area (Å²) < 4.78 is 8.76. The topological polar surface area (TPSA) is 27.1 Å². The van der Waals surface area contributed by atoms with Gasteiger partial charge in [0, 0.05) is 12.3 Å². The number of hydrogen-bond acceptors (Lipinski definition) is 2. The van der Waals surface area contributed by atoms with Gasteiger partial charge in [-0.1, -0.05) is 0 Å². The lowest BCUT2D eigenvalue weighted by Crippen LogP contribution is -2.25. The van der Waals surface area contributed by atoms with E-state index in [-0.39, 0.29) is 0 Å². The molecule has 1 fully saturated rings. The van der Waals surface area contributed by atoms with Crippen LogP contribution in [-0.2, 0) is 11.3 Å². The van der Waals surface area contributed by atoms with Crippen molar-refractivity contribution in [1.29, 1.82) is 0 Å². The van der Waals surface area contributed by atoms with Crippen LogP contribution in [0, 0.1) is 6.92 Å². The maximum absolute atomic E-state index is 5.67. The Bertz CT molecular complexity index is 305. The lowest BCUT2D eigenvalue weighted by atomic mass is 10.1. The SMILES string of the molecule is Cc1c(Br)cnn1C[C@H]1CCCCO1. The molecule has 0 bridgehead atoms.